The molecule has 11 heteroatoms. The van der Waals surface area contributed by atoms with Gasteiger partial charge in [0.25, 0.3) is 11.8 Å². The van der Waals surface area contributed by atoms with E-state index in [9.17, 15) is 14.4 Å². The number of nitrogens with zero attached hydrogens (tertiary/aromatic N) is 4. The van der Waals surface area contributed by atoms with Crippen molar-refractivity contribution < 1.29 is 23.5 Å². The lowest BCUT2D eigenvalue weighted by atomic mass is 10.1. The van der Waals surface area contributed by atoms with Crippen LogP contribution in [0.4, 0.5) is 10.6 Å². The number of pyridine rings is 1. The summed E-state index contributed by atoms with van der Waals surface area (Å²) in [5.74, 6) is 1.71. The van der Waals surface area contributed by atoms with E-state index in [1.54, 1.807) is 31.2 Å². The number of aromatic nitrogens is 1. The van der Waals surface area contributed by atoms with E-state index < -0.39 is 18.0 Å². The summed E-state index contributed by atoms with van der Waals surface area (Å²) >= 11 is 0. The number of carbonyl (C=O) groups is 3. The van der Waals surface area contributed by atoms with Gasteiger partial charge >= 0.3 is 6.03 Å². The van der Waals surface area contributed by atoms with Crippen molar-refractivity contribution >= 4 is 34.8 Å². The van der Waals surface area contributed by atoms with E-state index in [1.165, 1.54) is 0 Å². The summed E-state index contributed by atoms with van der Waals surface area (Å²) in [5, 5.41) is 4.73. The number of carbonyl (C=O) groups excluding carboxylic acids is 3. The average Bonchev–Trinajstić information content (AvgIpc) is 3.63. The third-order valence-corrected chi connectivity index (χ3v) is 6.88. The average molecular weight is 537 g/mol. The summed E-state index contributed by atoms with van der Waals surface area (Å²) in [4.78, 5) is 45.6. The second kappa shape index (κ2) is 12.2. The summed E-state index contributed by atoms with van der Waals surface area (Å²) in [5.41, 5.74) is 3.14. The predicted molar refractivity (Wildman–Crippen MR) is 148 cm³/mol. The molecule has 0 bridgehead atoms. The maximum atomic E-state index is 11.7. The van der Waals surface area contributed by atoms with Crippen molar-refractivity contribution in [2.45, 2.75) is 33.4 Å². The topological polar surface area (TPSA) is 120 Å². The molecule has 1 unspecified atom stereocenters. The standard InChI is InChI=1S/C16H19N5O3.C10H11NO2.C2H6/c1-2-20-5-7-21(8-6-20)13-4-3-11-10(17-13)9-12(24-11)14-15(22)19-16(23)18-14;1-11-6-7-3-4-8(13-2)5-9(7)10(11)12;1-2/h3-4,9,14H,2,5-8H2,1H3,(H2,18,19,22,23);3-5H,6H2,1-2H3;1-2H3. The van der Waals surface area contributed by atoms with E-state index in [0.717, 1.165) is 55.4 Å². The lowest BCUT2D eigenvalue weighted by molar-refractivity contribution is -0.120. The number of likely N-dealkylation sites (N-methyl/N-ethyl adjacent to an activating group) is 1. The van der Waals surface area contributed by atoms with E-state index in [4.69, 9.17) is 9.15 Å². The molecule has 3 aromatic rings. The minimum absolute atomic E-state index is 0.0777. The molecule has 1 atom stereocenters. The van der Waals surface area contributed by atoms with Gasteiger partial charge in [-0.1, -0.05) is 26.8 Å². The Morgan fingerprint density at radius 3 is 2.44 bits per heavy atom. The summed E-state index contributed by atoms with van der Waals surface area (Å²) < 4.78 is 10.7. The molecular formula is C28H36N6O5. The summed E-state index contributed by atoms with van der Waals surface area (Å²) in [7, 11) is 3.40. The highest BCUT2D eigenvalue weighted by atomic mass is 16.5. The molecule has 1 aromatic carbocycles. The summed E-state index contributed by atoms with van der Waals surface area (Å²) in [6, 6.07) is 9.84. The number of furan rings is 1. The van der Waals surface area contributed by atoms with Crippen molar-refractivity contribution in [1.82, 2.24) is 25.4 Å². The number of methoxy groups -OCH3 is 1. The van der Waals surface area contributed by atoms with E-state index in [-0.39, 0.29) is 5.91 Å². The molecule has 2 N–H and O–H groups in total. The molecule has 208 valence electrons. The van der Waals surface area contributed by atoms with Gasteiger partial charge in [-0.05, 0) is 36.4 Å². The molecule has 0 radical (unpaired) electrons. The molecule has 2 fully saturated rings. The third kappa shape index (κ3) is 5.98. The highest BCUT2D eigenvalue weighted by molar-refractivity contribution is 6.04. The van der Waals surface area contributed by atoms with Crippen molar-refractivity contribution in [2.75, 3.05) is 51.8 Å². The predicted octanol–water partition coefficient (Wildman–Crippen LogP) is 3.16. The Kier molecular flexibility index (Phi) is 8.70. The highest BCUT2D eigenvalue weighted by Crippen LogP contribution is 2.27. The zero-order valence-electron chi connectivity index (χ0n) is 23.1. The Morgan fingerprint density at radius 2 is 1.79 bits per heavy atom. The number of benzene rings is 1. The minimum atomic E-state index is -0.789. The van der Waals surface area contributed by atoms with Crippen LogP contribution in [0.5, 0.6) is 5.75 Å². The number of rotatable bonds is 4. The van der Waals surface area contributed by atoms with Crippen LogP contribution in [-0.2, 0) is 11.3 Å². The van der Waals surface area contributed by atoms with Gasteiger partial charge in [-0.3, -0.25) is 14.9 Å². The number of urea groups is 1. The molecule has 3 aliphatic rings. The van der Waals surface area contributed by atoms with Crippen LogP contribution in [0.25, 0.3) is 11.1 Å². The van der Waals surface area contributed by atoms with Gasteiger partial charge in [0.2, 0.25) is 0 Å². The van der Waals surface area contributed by atoms with Gasteiger partial charge in [0, 0.05) is 51.4 Å². The van der Waals surface area contributed by atoms with Crippen molar-refractivity contribution in [3.8, 4) is 5.75 Å². The van der Waals surface area contributed by atoms with E-state index >= 15 is 0 Å². The van der Waals surface area contributed by atoms with Gasteiger partial charge in [0.05, 0.1) is 7.11 Å². The van der Waals surface area contributed by atoms with Crippen LogP contribution in [0.3, 0.4) is 0 Å². The fraction of sp³-hybridized carbons (Fsp3) is 0.429. The van der Waals surface area contributed by atoms with Gasteiger partial charge in [-0.2, -0.15) is 0 Å². The molecule has 2 aromatic heterocycles. The Morgan fingerprint density at radius 1 is 1.05 bits per heavy atom. The second-order valence-corrected chi connectivity index (χ2v) is 9.20. The third-order valence-electron chi connectivity index (χ3n) is 6.88. The maximum absolute atomic E-state index is 11.7. The number of piperazine rings is 1. The molecule has 6 rings (SSSR count). The lowest BCUT2D eigenvalue weighted by Crippen LogP contribution is -2.46. The van der Waals surface area contributed by atoms with Crippen LogP contribution >= 0.6 is 0 Å². The Hall–Kier alpha value is -4.12. The molecule has 0 saturated carbocycles. The monoisotopic (exact) mass is 536 g/mol. The molecular weight excluding hydrogens is 500 g/mol. The van der Waals surface area contributed by atoms with Crippen LogP contribution in [-0.4, -0.2) is 79.5 Å². The Bertz CT molecular complexity index is 1350. The van der Waals surface area contributed by atoms with Crippen LogP contribution in [0.1, 0.15) is 48.5 Å². The van der Waals surface area contributed by atoms with Gasteiger partial charge < -0.3 is 29.2 Å². The molecule has 2 saturated heterocycles. The number of amides is 4. The van der Waals surface area contributed by atoms with Crippen molar-refractivity contribution in [3.63, 3.8) is 0 Å². The quantitative estimate of drug-likeness (QED) is 0.488. The Balaban J connectivity index is 0.000000199. The second-order valence-electron chi connectivity index (χ2n) is 9.20. The van der Waals surface area contributed by atoms with Crippen LogP contribution in [0, 0.1) is 0 Å². The van der Waals surface area contributed by atoms with Crippen LogP contribution in [0.2, 0.25) is 0 Å². The molecule has 4 amide bonds. The van der Waals surface area contributed by atoms with Gasteiger partial charge in [-0.15, -0.1) is 0 Å². The number of imide groups is 1. The van der Waals surface area contributed by atoms with Gasteiger partial charge in [0.1, 0.15) is 22.8 Å². The van der Waals surface area contributed by atoms with E-state index in [1.807, 2.05) is 38.1 Å². The first-order valence-electron chi connectivity index (χ1n) is 13.3. The first kappa shape index (κ1) is 27.9. The fourth-order valence-corrected chi connectivity index (χ4v) is 4.71. The first-order valence-corrected chi connectivity index (χ1v) is 13.3. The Labute approximate surface area is 228 Å². The molecule has 3 aliphatic heterocycles. The molecule has 11 nitrogen and oxygen atoms in total. The number of anilines is 1. The SMILES string of the molecule is CC.CCN1CCN(c2ccc3oc(C4NC(=O)NC4=O)cc3n2)CC1.COc1ccc2c(c1)C(=O)N(C)C2. The zero-order chi connectivity index (χ0) is 28.1. The van der Waals surface area contributed by atoms with E-state index in [2.05, 4.69) is 32.3 Å². The molecule has 0 spiro atoms. The first-order chi connectivity index (χ1) is 18.9. The number of nitrogens with one attached hydrogen (secondary N) is 2. The number of ether oxygens (including phenoxy) is 1. The molecule has 0 aliphatic carbocycles. The lowest BCUT2D eigenvalue weighted by Gasteiger charge is -2.34. The maximum Gasteiger partial charge on any atom is 0.322 e. The zero-order valence-corrected chi connectivity index (χ0v) is 23.1. The number of hydrogen-bond acceptors (Lipinski definition) is 8. The van der Waals surface area contributed by atoms with Crippen molar-refractivity contribution in [1.29, 1.82) is 0 Å². The fourth-order valence-electron chi connectivity index (χ4n) is 4.71. The van der Waals surface area contributed by atoms with Crippen molar-refractivity contribution in [2.24, 2.45) is 0 Å². The molecule has 5 heterocycles. The smallest absolute Gasteiger partial charge is 0.322 e. The van der Waals surface area contributed by atoms with E-state index in [0.29, 0.717) is 23.4 Å². The van der Waals surface area contributed by atoms with Gasteiger partial charge in [-0.25, -0.2) is 9.78 Å². The largest absolute Gasteiger partial charge is 0.497 e. The normalized spacial score (nSPS) is 18.6. The number of fused-ring (bicyclic) bond motifs is 2. The van der Waals surface area contributed by atoms with Crippen LogP contribution in [0.15, 0.2) is 40.8 Å². The minimum Gasteiger partial charge on any atom is -0.497 e. The van der Waals surface area contributed by atoms with Crippen LogP contribution < -0.4 is 20.3 Å². The highest BCUT2D eigenvalue weighted by Gasteiger charge is 2.34. The summed E-state index contributed by atoms with van der Waals surface area (Å²) in [6.07, 6.45) is 0. The van der Waals surface area contributed by atoms with Crippen molar-refractivity contribution in [3.05, 3.63) is 53.3 Å². The van der Waals surface area contributed by atoms with Gasteiger partial charge in [0.15, 0.2) is 11.6 Å². The summed E-state index contributed by atoms with van der Waals surface area (Å²) in [6.45, 7) is 11.9. The molecule has 39 heavy (non-hydrogen) atoms. The number of hydrogen-bond donors (Lipinski definition) is 2.